The fraction of sp³-hybridized carbons (Fsp3) is 0.400. The van der Waals surface area contributed by atoms with Crippen LogP contribution in [0.3, 0.4) is 0 Å². The SMILES string of the molecule is CC(C)c1nnsc1C(=O)N[C@H](CO)Cc1ccccc1. The van der Waals surface area contributed by atoms with E-state index in [4.69, 9.17) is 0 Å². The first-order chi connectivity index (χ1) is 10.1. The molecule has 0 aliphatic carbocycles. The largest absolute Gasteiger partial charge is 0.394 e. The molecule has 1 amide bonds. The van der Waals surface area contributed by atoms with Gasteiger partial charge in [-0.05, 0) is 29.4 Å². The van der Waals surface area contributed by atoms with Crippen LogP contribution in [0.5, 0.6) is 0 Å². The zero-order valence-electron chi connectivity index (χ0n) is 12.1. The molecular formula is C15H19N3O2S. The molecule has 0 spiro atoms. The van der Waals surface area contributed by atoms with Crippen LogP contribution in [0, 0.1) is 0 Å². The molecule has 2 N–H and O–H groups in total. The van der Waals surface area contributed by atoms with Gasteiger partial charge < -0.3 is 10.4 Å². The molecule has 2 aromatic rings. The van der Waals surface area contributed by atoms with Gasteiger partial charge in [-0.3, -0.25) is 4.79 Å². The van der Waals surface area contributed by atoms with Crippen molar-refractivity contribution in [3.63, 3.8) is 0 Å². The van der Waals surface area contributed by atoms with Gasteiger partial charge >= 0.3 is 0 Å². The molecule has 0 bridgehead atoms. The first-order valence-corrected chi connectivity index (χ1v) is 7.67. The lowest BCUT2D eigenvalue weighted by atomic mass is 10.1. The standard InChI is InChI=1S/C15H19N3O2S/c1-10(2)13-14(21-18-17-13)15(20)16-12(9-19)8-11-6-4-3-5-7-11/h3-7,10,12,19H,8-9H2,1-2H3,(H,16,20)/t12-/m0/s1. The molecule has 6 heteroatoms. The molecule has 112 valence electrons. The summed E-state index contributed by atoms with van der Waals surface area (Å²) in [5.41, 5.74) is 1.78. The number of carbonyl (C=O) groups is 1. The molecule has 21 heavy (non-hydrogen) atoms. The molecule has 0 aliphatic rings. The maximum Gasteiger partial charge on any atom is 0.265 e. The summed E-state index contributed by atoms with van der Waals surface area (Å²) < 4.78 is 3.85. The lowest BCUT2D eigenvalue weighted by molar-refractivity contribution is 0.0919. The van der Waals surface area contributed by atoms with Crippen LogP contribution in [0.4, 0.5) is 0 Å². The van der Waals surface area contributed by atoms with E-state index >= 15 is 0 Å². The average molecular weight is 305 g/mol. The minimum atomic E-state index is -0.318. The van der Waals surface area contributed by atoms with Gasteiger partial charge in [0, 0.05) is 0 Å². The Hall–Kier alpha value is -1.79. The molecule has 0 saturated heterocycles. The Balaban J connectivity index is 2.04. The third kappa shape index (κ3) is 4.09. The fourth-order valence-corrected chi connectivity index (χ4v) is 2.77. The van der Waals surface area contributed by atoms with Gasteiger partial charge in [-0.1, -0.05) is 48.7 Å². The minimum absolute atomic E-state index is 0.107. The van der Waals surface area contributed by atoms with Crippen molar-refractivity contribution in [3.05, 3.63) is 46.5 Å². The Morgan fingerprint density at radius 2 is 2.05 bits per heavy atom. The van der Waals surface area contributed by atoms with Crippen molar-refractivity contribution in [2.24, 2.45) is 0 Å². The van der Waals surface area contributed by atoms with Gasteiger partial charge in [-0.2, -0.15) is 0 Å². The number of nitrogens with zero attached hydrogens (tertiary/aromatic N) is 2. The monoisotopic (exact) mass is 305 g/mol. The van der Waals surface area contributed by atoms with E-state index in [0.717, 1.165) is 17.1 Å². The molecule has 1 atom stereocenters. The summed E-state index contributed by atoms with van der Waals surface area (Å²) in [6.45, 7) is 3.84. The summed E-state index contributed by atoms with van der Waals surface area (Å²) >= 11 is 1.09. The van der Waals surface area contributed by atoms with Crippen LogP contribution < -0.4 is 5.32 Å². The van der Waals surface area contributed by atoms with Gasteiger partial charge in [0.1, 0.15) is 4.88 Å². The number of rotatable bonds is 6. The molecule has 1 aromatic carbocycles. The number of amides is 1. The molecular weight excluding hydrogens is 286 g/mol. The highest BCUT2D eigenvalue weighted by Gasteiger charge is 2.21. The van der Waals surface area contributed by atoms with Crippen molar-refractivity contribution in [2.45, 2.75) is 32.2 Å². The quantitative estimate of drug-likeness (QED) is 0.856. The van der Waals surface area contributed by atoms with E-state index in [0.29, 0.717) is 17.0 Å². The topological polar surface area (TPSA) is 75.1 Å². The highest BCUT2D eigenvalue weighted by Crippen LogP contribution is 2.19. The van der Waals surface area contributed by atoms with E-state index in [2.05, 4.69) is 14.9 Å². The van der Waals surface area contributed by atoms with Crippen LogP contribution >= 0.6 is 11.5 Å². The summed E-state index contributed by atoms with van der Waals surface area (Å²) in [5.74, 6) is -0.0742. The Morgan fingerprint density at radius 1 is 1.33 bits per heavy atom. The Bertz CT molecular complexity index is 584. The number of nitrogens with one attached hydrogen (secondary N) is 1. The highest BCUT2D eigenvalue weighted by atomic mass is 32.1. The van der Waals surface area contributed by atoms with Gasteiger partial charge in [0.25, 0.3) is 5.91 Å². The van der Waals surface area contributed by atoms with E-state index in [1.807, 2.05) is 44.2 Å². The molecule has 5 nitrogen and oxygen atoms in total. The fourth-order valence-electron chi connectivity index (χ4n) is 2.04. The van der Waals surface area contributed by atoms with Crippen LogP contribution in [0.2, 0.25) is 0 Å². The minimum Gasteiger partial charge on any atom is -0.394 e. The third-order valence-corrected chi connectivity index (χ3v) is 3.89. The van der Waals surface area contributed by atoms with Gasteiger partial charge in [0.05, 0.1) is 18.3 Å². The van der Waals surface area contributed by atoms with Crippen LogP contribution in [0.15, 0.2) is 30.3 Å². The molecule has 0 radical (unpaired) electrons. The van der Waals surface area contributed by atoms with Gasteiger partial charge in [-0.15, -0.1) is 5.10 Å². The van der Waals surface area contributed by atoms with Crippen LogP contribution in [-0.2, 0) is 6.42 Å². The average Bonchev–Trinajstić information content (AvgIpc) is 2.97. The number of carbonyl (C=O) groups excluding carboxylic acids is 1. The van der Waals surface area contributed by atoms with Crippen molar-refractivity contribution in [1.82, 2.24) is 14.9 Å². The van der Waals surface area contributed by atoms with Gasteiger partial charge in [-0.25, -0.2) is 0 Å². The second kappa shape index (κ2) is 7.28. The smallest absolute Gasteiger partial charge is 0.265 e. The molecule has 1 aromatic heterocycles. The summed E-state index contributed by atoms with van der Waals surface area (Å²) in [4.78, 5) is 12.8. The van der Waals surface area contributed by atoms with Crippen LogP contribution in [0.25, 0.3) is 0 Å². The summed E-state index contributed by atoms with van der Waals surface area (Å²) in [7, 11) is 0. The second-order valence-electron chi connectivity index (χ2n) is 5.18. The van der Waals surface area contributed by atoms with E-state index in [9.17, 15) is 9.90 Å². The van der Waals surface area contributed by atoms with Crippen molar-refractivity contribution >= 4 is 17.4 Å². The predicted octanol–water partition coefficient (Wildman–Crippen LogP) is 1.99. The number of aliphatic hydroxyl groups is 1. The number of hydrogen-bond acceptors (Lipinski definition) is 5. The first kappa shape index (κ1) is 15.6. The lowest BCUT2D eigenvalue weighted by Gasteiger charge is -2.16. The van der Waals surface area contributed by atoms with E-state index in [1.165, 1.54) is 0 Å². The molecule has 0 aliphatic heterocycles. The van der Waals surface area contributed by atoms with E-state index in [-0.39, 0.29) is 24.5 Å². The van der Waals surface area contributed by atoms with E-state index < -0.39 is 0 Å². The number of aromatic nitrogens is 2. The Kier molecular flexibility index (Phi) is 5.41. The lowest BCUT2D eigenvalue weighted by Crippen LogP contribution is -2.39. The van der Waals surface area contributed by atoms with Gasteiger partial charge in [0.2, 0.25) is 0 Å². The normalized spacial score (nSPS) is 12.4. The molecule has 2 rings (SSSR count). The van der Waals surface area contributed by atoms with Gasteiger partial charge in [0.15, 0.2) is 0 Å². The maximum absolute atomic E-state index is 12.3. The third-order valence-electron chi connectivity index (χ3n) is 3.15. The molecule has 0 unspecified atom stereocenters. The zero-order chi connectivity index (χ0) is 15.2. The zero-order valence-corrected chi connectivity index (χ0v) is 12.9. The van der Waals surface area contributed by atoms with Crippen molar-refractivity contribution in [3.8, 4) is 0 Å². The number of aliphatic hydroxyl groups excluding tert-OH is 1. The molecule has 0 saturated carbocycles. The Labute approximate surface area is 128 Å². The molecule has 1 heterocycles. The summed E-state index contributed by atoms with van der Waals surface area (Å²) in [6, 6.07) is 9.45. The summed E-state index contributed by atoms with van der Waals surface area (Å²) in [6.07, 6.45) is 0.590. The second-order valence-corrected chi connectivity index (χ2v) is 5.94. The number of benzene rings is 1. The number of hydrogen-bond donors (Lipinski definition) is 2. The van der Waals surface area contributed by atoms with E-state index in [1.54, 1.807) is 0 Å². The summed E-state index contributed by atoms with van der Waals surface area (Å²) in [5, 5.41) is 16.3. The van der Waals surface area contributed by atoms with Crippen molar-refractivity contribution < 1.29 is 9.90 Å². The molecule has 0 fully saturated rings. The predicted molar refractivity (Wildman–Crippen MR) is 82.5 cm³/mol. The van der Waals surface area contributed by atoms with Crippen molar-refractivity contribution in [1.29, 1.82) is 0 Å². The Morgan fingerprint density at radius 3 is 2.67 bits per heavy atom. The van der Waals surface area contributed by atoms with Crippen LogP contribution in [-0.4, -0.2) is 33.2 Å². The van der Waals surface area contributed by atoms with Crippen molar-refractivity contribution in [2.75, 3.05) is 6.61 Å². The first-order valence-electron chi connectivity index (χ1n) is 6.89. The maximum atomic E-state index is 12.3. The highest BCUT2D eigenvalue weighted by molar-refractivity contribution is 7.08. The van der Waals surface area contributed by atoms with Crippen LogP contribution in [0.1, 0.15) is 40.7 Å².